The average molecular weight is 790 g/mol. The summed E-state index contributed by atoms with van der Waals surface area (Å²) in [5.41, 5.74) is 5.79. The number of fused-ring (bicyclic) bond motifs is 3. The smallest absolute Gasteiger partial charge is 0.418 e. The number of anilines is 2. The predicted octanol–water partition coefficient (Wildman–Crippen LogP) is 4.77. The van der Waals surface area contributed by atoms with Crippen molar-refractivity contribution in [2.45, 2.75) is 87.8 Å². The van der Waals surface area contributed by atoms with Crippen molar-refractivity contribution in [3.63, 3.8) is 0 Å². The number of nitrogens with zero attached hydrogens (tertiary/aromatic N) is 5. The van der Waals surface area contributed by atoms with Gasteiger partial charge in [0.15, 0.2) is 6.10 Å². The zero-order valence-electron chi connectivity index (χ0n) is 30.5. The molecular formula is C38H47ClF3N7O6. The second kappa shape index (κ2) is 16.1. The molecule has 55 heavy (non-hydrogen) atoms. The van der Waals surface area contributed by atoms with Gasteiger partial charge in [-0.1, -0.05) is 29.8 Å². The molecule has 0 aliphatic carbocycles. The van der Waals surface area contributed by atoms with Gasteiger partial charge in [-0.25, -0.2) is 9.59 Å². The number of benzene rings is 2. The van der Waals surface area contributed by atoms with E-state index < -0.39 is 41.5 Å². The average Bonchev–Trinajstić information content (AvgIpc) is 3.29. The number of halogens is 4. The van der Waals surface area contributed by atoms with Crippen LogP contribution >= 0.6 is 11.6 Å². The van der Waals surface area contributed by atoms with Gasteiger partial charge in [-0.15, -0.1) is 0 Å². The van der Waals surface area contributed by atoms with Crippen LogP contribution in [0.3, 0.4) is 0 Å². The molecule has 298 valence electrons. The lowest BCUT2D eigenvalue weighted by molar-refractivity contribution is -0.143. The number of carbonyl (C=O) groups is 4. The Labute approximate surface area is 322 Å². The van der Waals surface area contributed by atoms with Gasteiger partial charge in [0, 0.05) is 82.1 Å². The SMILES string of the molecule is Nc1c(Cl)cc(CC(OC(=O)N2CCC(N3CCc4ccccc4NC3=O)CC2)C(=O)N2CCN(C3CC4CCC(C3)N4CC(=O)O)CC2)cc1C(F)(F)F. The zero-order chi connectivity index (χ0) is 39.0. The van der Waals surface area contributed by atoms with E-state index in [4.69, 9.17) is 22.1 Å². The van der Waals surface area contributed by atoms with Crippen LogP contribution in [0.2, 0.25) is 5.02 Å². The van der Waals surface area contributed by atoms with Crippen LogP contribution in [0.4, 0.5) is 34.1 Å². The Morgan fingerprint density at radius 2 is 1.58 bits per heavy atom. The number of aliphatic carboxylic acids is 1. The first-order valence-electron chi connectivity index (χ1n) is 19.0. The molecule has 2 aromatic rings. The van der Waals surface area contributed by atoms with E-state index in [-0.39, 0.29) is 66.8 Å². The molecule has 4 N–H and O–H groups in total. The number of rotatable bonds is 8. The molecule has 2 aromatic carbocycles. The van der Waals surface area contributed by atoms with Gasteiger partial charge in [0.2, 0.25) is 0 Å². The van der Waals surface area contributed by atoms with Gasteiger partial charge in [0.25, 0.3) is 5.91 Å². The number of carbonyl (C=O) groups excluding carboxylic acids is 3. The van der Waals surface area contributed by atoms with Crippen LogP contribution in [0.25, 0.3) is 0 Å². The molecule has 7 rings (SSSR count). The van der Waals surface area contributed by atoms with E-state index in [9.17, 15) is 37.5 Å². The summed E-state index contributed by atoms with van der Waals surface area (Å²) in [4.78, 5) is 61.6. The van der Waals surface area contributed by atoms with Crippen LogP contribution in [-0.2, 0) is 33.3 Å². The van der Waals surface area contributed by atoms with Crippen molar-refractivity contribution in [1.82, 2.24) is 24.5 Å². The van der Waals surface area contributed by atoms with E-state index in [0.29, 0.717) is 52.0 Å². The Bertz CT molecular complexity index is 1770. The summed E-state index contributed by atoms with van der Waals surface area (Å²) in [6.45, 7) is 2.88. The summed E-state index contributed by atoms with van der Waals surface area (Å²) in [5, 5.41) is 12.0. The van der Waals surface area contributed by atoms with Gasteiger partial charge in [-0.05, 0) is 74.3 Å². The topological polar surface area (TPSA) is 152 Å². The lowest BCUT2D eigenvalue weighted by Gasteiger charge is -2.45. The molecule has 0 radical (unpaired) electrons. The van der Waals surface area contributed by atoms with Crippen LogP contribution < -0.4 is 11.1 Å². The summed E-state index contributed by atoms with van der Waals surface area (Å²) in [7, 11) is 0. The monoisotopic (exact) mass is 789 g/mol. The fourth-order valence-corrected chi connectivity index (χ4v) is 9.43. The number of nitrogens with one attached hydrogen (secondary N) is 1. The highest BCUT2D eigenvalue weighted by Gasteiger charge is 2.44. The van der Waals surface area contributed by atoms with E-state index in [0.717, 1.165) is 43.0 Å². The fraction of sp³-hybridized carbons (Fsp3) is 0.579. The standard InChI is InChI=1S/C38H47ClF3N7O6/c39-30-18-23(17-29(34(30)43)38(40,41)42)19-32(35(52)46-15-13-45(14-16-46)28-20-26-5-6-27(21-28)49(26)22-33(50)51)55-37(54)47-10-8-25(9-11-47)48-12-7-24-3-1-2-4-31(24)44-36(48)53/h1-4,17-18,25-28,32H,5-16,19-22,43H2,(H,44,53)(H,50,51). The van der Waals surface area contributed by atoms with Crippen LogP contribution in [-0.4, -0.2) is 136 Å². The third-order valence-electron chi connectivity index (χ3n) is 12.1. The molecule has 13 nitrogen and oxygen atoms in total. The molecule has 4 amide bonds. The number of likely N-dealkylation sites (tertiary alicyclic amines) is 1. The number of nitrogens with two attached hydrogens (primary N) is 1. The maximum absolute atomic E-state index is 14.1. The summed E-state index contributed by atoms with van der Waals surface area (Å²) in [5.74, 6) is -1.34. The molecule has 3 unspecified atom stereocenters. The number of hydrogen-bond acceptors (Lipinski definition) is 8. The molecule has 5 heterocycles. The van der Waals surface area contributed by atoms with Gasteiger partial charge in [-0.2, -0.15) is 13.2 Å². The quantitative estimate of drug-likeness (QED) is 0.322. The van der Waals surface area contributed by atoms with Crippen LogP contribution in [0.1, 0.15) is 55.2 Å². The number of nitrogen functional groups attached to an aromatic ring is 1. The minimum Gasteiger partial charge on any atom is -0.480 e. The van der Waals surface area contributed by atoms with Gasteiger partial charge in [0.05, 0.1) is 22.8 Å². The molecule has 4 fully saturated rings. The van der Waals surface area contributed by atoms with Crippen LogP contribution in [0, 0.1) is 0 Å². The number of piperidine rings is 2. The summed E-state index contributed by atoms with van der Waals surface area (Å²) < 4.78 is 47.5. The fourth-order valence-electron chi connectivity index (χ4n) is 9.18. The van der Waals surface area contributed by atoms with E-state index in [1.807, 2.05) is 24.3 Å². The van der Waals surface area contributed by atoms with E-state index in [1.165, 1.54) is 11.0 Å². The van der Waals surface area contributed by atoms with Gasteiger partial charge in [0.1, 0.15) is 0 Å². The first kappa shape index (κ1) is 39.0. The minimum absolute atomic E-state index is 0.0387. The first-order chi connectivity index (χ1) is 26.2. The number of urea groups is 1. The summed E-state index contributed by atoms with van der Waals surface area (Å²) >= 11 is 6.13. The molecule has 0 saturated carbocycles. The van der Waals surface area contributed by atoms with Gasteiger partial charge >= 0.3 is 24.3 Å². The highest BCUT2D eigenvalue weighted by atomic mass is 35.5. The van der Waals surface area contributed by atoms with Crippen molar-refractivity contribution in [2.24, 2.45) is 0 Å². The zero-order valence-corrected chi connectivity index (χ0v) is 31.2. The van der Waals surface area contributed by atoms with Crippen molar-refractivity contribution in [2.75, 3.05) is 63.4 Å². The predicted molar refractivity (Wildman–Crippen MR) is 198 cm³/mol. The number of ether oxygens (including phenoxy) is 1. The number of hydrogen-bond donors (Lipinski definition) is 3. The third-order valence-corrected chi connectivity index (χ3v) is 12.4. The Morgan fingerprint density at radius 3 is 2.24 bits per heavy atom. The molecule has 3 atom stereocenters. The van der Waals surface area contributed by atoms with Crippen molar-refractivity contribution >= 4 is 47.0 Å². The van der Waals surface area contributed by atoms with Crippen molar-refractivity contribution < 1.29 is 42.2 Å². The van der Waals surface area contributed by atoms with E-state index in [1.54, 1.807) is 9.80 Å². The summed E-state index contributed by atoms with van der Waals surface area (Å²) in [6, 6.07) is 10.1. The second-order valence-electron chi connectivity index (χ2n) is 15.3. The van der Waals surface area contributed by atoms with E-state index >= 15 is 0 Å². The number of carboxylic acids is 1. The Hall–Kier alpha value is -4.28. The Balaban J connectivity index is 1.00. The Kier molecular flexibility index (Phi) is 11.4. The molecule has 17 heteroatoms. The molecule has 5 aliphatic rings. The highest BCUT2D eigenvalue weighted by molar-refractivity contribution is 6.33. The molecule has 4 saturated heterocycles. The van der Waals surface area contributed by atoms with Crippen LogP contribution in [0.15, 0.2) is 36.4 Å². The molecule has 2 bridgehead atoms. The molecule has 5 aliphatic heterocycles. The largest absolute Gasteiger partial charge is 0.480 e. The van der Waals surface area contributed by atoms with Crippen molar-refractivity contribution in [3.8, 4) is 0 Å². The number of piperazine rings is 1. The van der Waals surface area contributed by atoms with Crippen LogP contribution in [0.5, 0.6) is 0 Å². The molecule has 0 spiro atoms. The minimum atomic E-state index is -4.79. The second-order valence-corrected chi connectivity index (χ2v) is 15.7. The summed E-state index contributed by atoms with van der Waals surface area (Å²) in [6.07, 6.45) is -2.04. The number of carboxylic acid groups (broad SMARTS) is 1. The number of alkyl halides is 3. The number of para-hydroxylation sites is 1. The van der Waals surface area contributed by atoms with Crippen molar-refractivity contribution in [3.05, 3.63) is 58.1 Å². The third kappa shape index (κ3) is 8.60. The number of amides is 4. The van der Waals surface area contributed by atoms with Gasteiger partial charge < -0.3 is 35.6 Å². The Morgan fingerprint density at radius 1 is 0.909 bits per heavy atom. The highest BCUT2D eigenvalue weighted by Crippen LogP contribution is 2.39. The maximum atomic E-state index is 14.1. The van der Waals surface area contributed by atoms with Gasteiger partial charge in [-0.3, -0.25) is 19.4 Å². The normalized spacial score (nSPS) is 24.5. The van der Waals surface area contributed by atoms with E-state index in [2.05, 4.69) is 15.1 Å². The molecule has 0 aromatic heterocycles. The molecular weight excluding hydrogens is 743 g/mol. The first-order valence-corrected chi connectivity index (χ1v) is 19.4. The lowest BCUT2D eigenvalue weighted by atomic mass is 9.95. The lowest BCUT2D eigenvalue weighted by Crippen LogP contribution is -2.58. The maximum Gasteiger partial charge on any atom is 0.418 e. The van der Waals surface area contributed by atoms with Crippen molar-refractivity contribution in [1.29, 1.82) is 0 Å².